The van der Waals surface area contributed by atoms with Crippen LogP contribution in [0.2, 0.25) is 0 Å². The van der Waals surface area contributed by atoms with Gasteiger partial charge in [-0.15, -0.1) is 0 Å². The van der Waals surface area contributed by atoms with Crippen LogP contribution in [-0.4, -0.2) is 12.2 Å². The molecule has 0 spiro atoms. The molecule has 2 aromatic rings. The third kappa shape index (κ3) is 10.2. The first-order valence-electron chi connectivity index (χ1n) is 31.4. The molecule has 17 unspecified atom stereocenters. The van der Waals surface area contributed by atoms with Crippen molar-refractivity contribution in [1.29, 1.82) is 0 Å². The third-order valence-corrected chi connectivity index (χ3v) is 24.9. The normalized spacial score (nSPS) is 39.3. The van der Waals surface area contributed by atoms with Crippen LogP contribution in [0.4, 0.5) is 22.7 Å². The molecule has 6 heteroatoms. The molecule has 76 heavy (non-hydrogen) atoms. The standard InChI is InChI=1S/C35H56N2O.C35H54N2O/c2*1-22(2)9-8-10-23(3)26-13-14-27-25-12-16-31-33(4,5)32(38-30-15-11-24(36)21-29(30)37)18-20-35(31,7)28(25)17-19-34(26,27)6/h9,11,15,21,23,25-28,31-32H,8,10,12-14,16-20,36-37H2,1-7H3;9,11,15-16,21,23,25-28,32H,8,10,12-14,17-20,36-37H2,1-7H3. The number of allylic oxidation sites excluding steroid dienone is 5. The summed E-state index contributed by atoms with van der Waals surface area (Å²) in [5, 5.41) is 0. The van der Waals surface area contributed by atoms with Crippen molar-refractivity contribution in [1.82, 2.24) is 0 Å². The van der Waals surface area contributed by atoms with E-state index in [1.165, 1.54) is 120 Å². The average molecular weight is 1040 g/mol. The first kappa shape index (κ1) is 57.2. The second kappa shape index (κ2) is 21.5. The zero-order valence-corrected chi connectivity index (χ0v) is 50.8. The summed E-state index contributed by atoms with van der Waals surface area (Å²) in [7, 11) is 0. The van der Waals surface area contributed by atoms with E-state index in [1.54, 1.807) is 5.57 Å². The minimum absolute atomic E-state index is 0.00972. The van der Waals surface area contributed by atoms with Crippen LogP contribution in [0.25, 0.3) is 0 Å². The molecule has 7 saturated carbocycles. The van der Waals surface area contributed by atoms with Crippen molar-refractivity contribution >= 4 is 22.7 Å². The number of hydrogen-bond donors (Lipinski definition) is 4. The molecule has 0 saturated heterocycles. The summed E-state index contributed by atoms with van der Waals surface area (Å²) < 4.78 is 13.3. The van der Waals surface area contributed by atoms with Crippen LogP contribution in [0.5, 0.6) is 11.5 Å². The van der Waals surface area contributed by atoms with E-state index in [9.17, 15) is 0 Å². The highest BCUT2D eigenvalue weighted by molar-refractivity contribution is 5.61. The SMILES string of the molecule is CC(C)=CCCC(C)C1CCC2C3CC=C4C(C)(C)C(Oc5ccc(N)cc5N)CCC4(C)C3CCC12C.CC(C)=CCCC(C)C1CCC2C3CCC4C(C)(C)C(Oc5ccc(N)cc5N)CCC4(C)C3CCC12C. The highest BCUT2D eigenvalue weighted by atomic mass is 16.5. The number of fused-ring (bicyclic) bond motifs is 10. The molecule has 10 rings (SSSR count). The zero-order chi connectivity index (χ0) is 54.9. The molecular weight excluding hydrogens is 929 g/mol. The van der Waals surface area contributed by atoms with Gasteiger partial charge in [-0.05, 0) is 273 Å². The molecule has 0 radical (unpaired) electrons. The summed E-state index contributed by atoms with van der Waals surface area (Å²) in [6, 6.07) is 11.4. The van der Waals surface area contributed by atoms with Crippen molar-refractivity contribution in [2.24, 2.45) is 97.6 Å². The third-order valence-electron chi connectivity index (χ3n) is 24.9. The topological polar surface area (TPSA) is 123 Å². The fourth-order valence-electron chi connectivity index (χ4n) is 21.1. The molecule has 2 aromatic carbocycles. The summed E-state index contributed by atoms with van der Waals surface area (Å²) in [6.07, 6.45) is 33.4. The van der Waals surface area contributed by atoms with Gasteiger partial charge in [-0.1, -0.05) is 104 Å². The molecule has 7 fully saturated rings. The lowest BCUT2D eigenvalue weighted by atomic mass is 9.41. The fourth-order valence-corrected chi connectivity index (χ4v) is 21.1. The van der Waals surface area contributed by atoms with E-state index in [0.29, 0.717) is 44.9 Å². The predicted molar refractivity (Wildman–Crippen MR) is 324 cm³/mol. The maximum Gasteiger partial charge on any atom is 0.142 e. The number of anilines is 4. The molecule has 8 N–H and O–H groups in total. The molecule has 6 nitrogen and oxygen atoms in total. The van der Waals surface area contributed by atoms with Gasteiger partial charge in [0.25, 0.3) is 0 Å². The molecule has 0 aliphatic heterocycles. The predicted octanol–water partition coefficient (Wildman–Crippen LogP) is 18.5. The fraction of sp³-hybridized carbons (Fsp3) is 0.743. The van der Waals surface area contributed by atoms with Gasteiger partial charge in [0.2, 0.25) is 0 Å². The summed E-state index contributed by atoms with van der Waals surface area (Å²) in [6.45, 7) is 34.6. The number of hydrogen-bond acceptors (Lipinski definition) is 6. The van der Waals surface area contributed by atoms with Crippen molar-refractivity contribution in [3.8, 4) is 11.5 Å². The van der Waals surface area contributed by atoms with Crippen LogP contribution in [0, 0.1) is 97.6 Å². The van der Waals surface area contributed by atoms with Gasteiger partial charge in [-0.25, -0.2) is 0 Å². The Hall–Kier alpha value is -3.54. The Morgan fingerprint density at radius 2 is 1.01 bits per heavy atom. The van der Waals surface area contributed by atoms with E-state index in [1.807, 2.05) is 36.4 Å². The van der Waals surface area contributed by atoms with Crippen LogP contribution in [0.1, 0.15) is 219 Å². The molecular formula is C70H110N4O2. The lowest BCUT2D eigenvalue weighted by Gasteiger charge is -2.65. The molecule has 0 bridgehead atoms. The van der Waals surface area contributed by atoms with Gasteiger partial charge >= 0.3 is 0 Å². The minimum atomic E-state index is -0.00972. The number of nitrogen functional groups attached to an aromatic ring is 4. The van der Waals surface area contributed by atoms with Crippen molar-refractivity contribution in [3.63, 3.8) is 0 Å². The summed E-state index contributed by atoms with van der Waals surface area (Å²) in [5.74, 6) is 11.0. The minimum Gasteiger partial charge on any atom is -0.488 e. The van der Waals surface area contributed by atoms with Crippen molar-refractivity contribution < 1.29 is 9.47 Å². The quantitative estimate of drug-likeness (QED) is 0.124. The van der Waals surface area contributed by atoms with E-state index in [-0.39, 0.29) is 28.5 Å². The Kier molecular flexibility index (Phi) is 16.2. The highest BCUT2D eigenvalue weighted by Gasteiger charge is 2.65. The molecule has 8 aliphatic carbocycles. The molecule has 8 aliphatic rings. The van der Waals surface area contributed by atoms with E-state index in [0.717, 1.165) is 83.5 Å². The van der Waals surface area contributed by atoms with Gasteiger partial charge in [-0.2, -0.15) is 0 Å². The lowest BCUT2D eigenvalue weighted by Crippen LogP contribution is -2.60. The van der Waals surface area contributed by atoms with E-state index < -0.39 is 0 Å². The number of ether oxygens (including phenoxy) is 2. The number of benzene rings is 2. The second-order valence-electron chi connectivity index (χ2n) is 30.2. The first-order chi connectivity index (χ1) is 35.7. The van der Waals surface area contributed by atoms with Crippen LogP contribution in [0.15, 0.2) is 71.3 Å². The monoisotopic (exact) mass is 1040 g/mol. The zero-order valence-electron chi connectivity index (χ0n) is 50.8. The molecule has 0 amide bonds. The summed E-state index contributed by atoms with van der Waals surface area (Å²) >= 11 is 0. The van der Waals surface area contributed by atoms with Gasteiger partial charge in [0, 0.05) is 22.2 Å². The Balaban J connectivity index is 0.000000186. The molecule has 0 heterocycles. The Bertz CT molecular complexity index is 2480. The maximum absolute atomic E-state index is 6.67. The van der Waals surface area contributed by atoms with Crippen molar-refractivity contribution in [2.45, 2.75) is 231 Å². The molecule has 422 valence electrons. The first-order valence-corrected chi connectivity index (χ1v) is 31.4. The Labute approximate surface area is 464 Å². The van der Waals surface area contributed by atoms with Crippen LogP contribution >= 0.6 is 0 Å². The van der Waals surface area contributed by atoms with Gasteiger partial charge in [-0.3, -0.25) is 0 Å². The Morgan fingerprint density at radius 3 is 1.54 bits per heavy atom. The van der Waals surface area contributed by atoms with Crippen molar-refractivity contribution in [3.05, 3.63) is 71.3 Å². The van der Waals surface area contributed by atoms with Gasteiger partial charge in [0.15, 0.2) is 0 Å². The lowest BCUT2D eigenvalue weighted by molar-refractivity contribution is -0.174. The maximum atomic E-state index is 6.67. The summed E-state index contributed by atoms with van der Waals surface area (Å²) in [5.41, 5.74) is 33.7. The molecule has 17 atom stereocenters. The van der Waals surface area contributed by atoms with Gasteiger partial charge < -0.3 is 32.4 Å². The van der Waals surface area contributed by atoms with Gasteiger partial charge in [0.05, 0.1) is 11.4 Å². The summed E-state index contributed by atoms with van der Waals surface area (Å²) in [4.78, 5) is 0. The number of rotatable bonds is 12. The van der Waals surface area contributed by atoms with Crippen LogP contribution in [-0.2, 0) is 0 Å². The highest BCUT2D eigenvalue weighted by Crippen LogP contribution is 2.72. The van der Waals surface area contributed by atoms with Crippen LogP contribution < -0.4 is 32.4 Å². The van der Waals surface area contributed by atoms with E-state index in [4.69, 9.17) is 32.4 Å². The van der Waals surface area contributed by atoms with Crippen molar-refractivity contribution in [2.75, 3.05) is 22.9 Å². The van der Waals surface area contributed by atoms with E-state index in [2.05, 4.69) is 115 Å². The van der Waals surface area contributed by atoms with E-state index >= 15 is 0 Å². The average Bonchev–Trinajstić information content (AvgIpc) is 3.94. The van der Waals surface area contributed by atoms with Crippen LogP contribution in [0.3, 0.4) is 0 Å². The van der Waals surface area contributed by atoms with Gasteiger partial charge in [0.1, 0.15) is 23.7 Å². The number of nitrogens with two attached hydrogens (primary N) is 4. The Morgan fingerprint density at radius 1 is 0.539 bits per heavy atom. The smallest absolute Gasteiger partial charge is 0.142 e. The largest absolute Gasteiger partial charge is 0.488 e. The second-order valence-corrected chi connectivity index (χ2v) is 30.2. The molecule has 0 aromatic heterocycles.